The average Bonchev–Trinajstić information content (AvgIpc) is 2.73. The van der Waals surface area contributed by atoms with Gasteiger partial charge in [0.25, 0.3) is 5.56 Å². The first kappa shape index (κ1) is 22.9. The highest BCUT2D eigenvalue weighted by Gasteiger charge is 2.62. The van der Waals surface area contributed by atoms with Gasteiger partial charge in [0, 0.05) is 18.9 Å². The molecule has 3 N–H and O–H groups in total. The molecule has 8 nitrogen and oxygen atoms in total. The van der Waals surface area contributed by atoms with Crippen molar-refractivity contribution in [1.82, 2.24) is 20.1 Å². The Morgan fingerprint density at radius 1 is 1.31 bits per heavy atom. The molecule has 0 unspecified atom stereocenters. The lowest BCUT2D eigenvalue weighted by molar-refractivity contribution is -0.199. The minimum Gasteiger partial charge on any atom is -0.388 e. The van der Waals surface area contributed by atoms with Crippen molar-refractivity contribution in [1.29, 1.82) is 0 Å². The van der Waals surface area contributed by atoms with Crippen molar-refractivity contribution in [2.75, 3.05) is 5.32 Å². The van der Waals surface area contributed by atoms with E-state index >= 15 is 0 Å². The van der Waals surface area contributed by atoms with E-state index in [0.29, 0.717) is 22.6 Å². The van der Waals surface area contributed by atoms with E-state index in [1.54, 1.807) is 12.4 Å². The fraction of sp³-hybridized carbons (Fsp3) is 0.565. The van der Waals surface area contributed by atoms with Gasteiger partial charge in [0.2, 0.25) is 5.91 Å². The second-order valence-corrected chi connectivity index (χ2v) is 10.7. The number of anilines is 1. The van der Waals surface area contributed by atoms with Crippen molar-refractivity contribution in [3.63, 3.8) is 0 Å². The van der Waals surface area contributed by atoms with E-state index in [-0.39, 0.29) is 29.8 Å². The molecule has 2 aromatic rings. The molecular formula is C23H30BrN5O3. The molecule has 1 amide bonds. The third-order valence-electron chi connectivity index (χ3n) is 7.62. The first-order valence-electron chi connectivity index (χ1n) is 10.9. The number of hydrogen-bond donors (Lipinski definition) is 3. The number of hydrogen-bond acceptors (Lipinski definition) is 6. The van der Waals surface area contributed by atoms with Crippen molar-refractivity contribution in [2.24, 2.45) is 17.3 Å². The lowest BCUT2D eigenvalue weighted by atomic mass is 9.43. The average molecular weight is 504 g/mol. The fourth-order valence-electron chi connectivity index (χ4n) is 5.33. The second kappa shape index (κ2) is 8.26. The number of rotatable bonds is 6. The van der Waals surface area contributed by atoms with E-state index in [1.165, 1.54) is 6.20 Å². The molecule has 3 aliphatic rings. The Bertz CT molecular complexity index is 1100. The van der Waals surface area contributed by atoms with Crippen LogP contribution >= 0.6 is 15.9 Å². The molecule has 0 saturated heterocycles. The Morgan fingerprint density at radius 2 is 2.06 bits per heavy atom. The van der Waals surface area contributed by atoms with Gasteiger partial charge in [0.05, 0.1) is 23.5 Å². The number of aromatic nitrogens is 3. The van der Waals surface area contributed by atoms with Crippen molar-refractivity contribution < 1.29 is 9.90 Å². The normalized spacial score (nSPS) is 28.0. The van der Waals surface area contributed by atoms with Gasteiger partial charge in [-0.15, -0.1) is 0 Å². The van der Waals surface area contributed by atoms with Crippen LogP contribution in [0.4, 0.5) is 5.69 Å². The van der Waals surface area contributed by atoms with Crippen molar-refractivity contribution in [2.45, 2.75) is 65.3 Å². The summed E-state index contributed by atoms with van der Waals surface area (Å²) in [6.07, 6.45) is 6.82. The van der Waals surface area contributed by atoms with Crippen LogP contribution in [-0.2, 0) is 17.9 Å². The number of halogens is 1. The Kier molecular flexibility index (Phi) is 5.92. The summed E-state index contributed by atoms with van der Waals surface area (Å²) in [5.41, 5.74) is 1.34. The minimum absolute atomic E-state index is 0.128. The summed E-state index contributed by atoms with van der Waals surface area (Å²) >= 11 is 3.36. The van der Waals surface area contributed by atoms with Crippen LogP contribution in [0.3, 0.4) is 0 Å². The molecule has 5 rings (SSSR count). The van der Waals surface area contributed by atoms with E-state index < -0.39 is 11.2 Å². The first-order chi connectivity index (χ1) is 15.0. The molecule has 9 heteroatoms. The molecule has 0 aromatic carbocycles. The summed E-state index contributed by atoms with van der Waals surface area (Å²) in [6.45, 7) is 8.42. The number of fused-ring (bicyclic) bond motifs is 2. The Labute approximate surface area is 196 Å². The summed E-state index contributed by atoms with van der Waals surface area (Å²) in [7, 11) is 0. The van der Waals surface area contributed by atoms with Crippen LogP contribution in [-0.4, -0.2) is 37.4 Å². The van der Waals surface area contributed by atoms with Crippen molar-refractivity contribution in [3.05, 3.63) is 50.6 Å². The summed E-state index contributed by atoms with van der Waals surface area (Å²) in [4.78, 5) is 29.2. The van der Waals surface area contributed by atoms with E-state index in [0.717, 1.165) is 28.7 Å². The van der Waals surface area contributed by atoms with Gasteiger partial charge in [-0.05, 0) is 77.1 Å². The third kappa shape index (κ3) is 3.96. The zero-order valence-corrected chi connectivity index (χ0v) is 20.4. The highest BCUT2D eigenvalue weighted by Crippen LogP contribution is 2.62. The molecular weight excluding hydrogens is 474 g/mol. The number of carbonyl (C=O) groups excluding carboxylic acids is 1. The maximum absolute atomic E-state index is 12.8. The molecule has 4 atom stereocenters. The van der Waals surface area contributed by atoms with Gasteiger partial charge in [-0.2, -0.15) is 5.10 Å². The molecule has 3 aliphatic carbocycles. The van der Waals surface area contributed by atoms with Crippen LogP contribution in [0.5, 0.6) is 0 Å². The van der Waals surface area contributed by atoms with Crippen LogP contribution in [0.2, 0.25) is 0 Å². The quantitative estimate of drug-likeness (QED) is 0.558. The van der Waals surface area contributed by atoms with E-state index in [2.05, 4.69) is 50.5 Å². The summed E-state index contributed by atoms with van der Waals surface area (Å²) in [5, 5.41) is 21.5. The van der Waals surface area contributed by atoms with Crippen LogP contribution in [0, 0.1) is 24.2 Å². The second-order valence-electron chi connectivity index (χ2n) is 9.88. The molecule has 32 heavy (non-hydrogen) atoms. The summed E-state index contributed by atoms with van der Waals surface area (Å²) in [6, 6.07) is 1.68. The standard InChI is InChI=1S/C23H30BrN5O3/c1-13-9-25-6-5-14(13)10-26-19(30)12-29-21(31)20(24)16(11-27-29)28-18-8-15-7-17(22(15,2)3)23(18,4)32/h5-6,9,11,15,17-18,28,32H,7-8,10,12H2,1-4H3,(H,26,30)/t15-,17-,18-,23+/m1/s1. The van der Waals surface area contributed by atoms with Crippen LogP contribution < -0.4 is 16.2 Å². The number of nitrogens with one attached hydrogen (secondary N) is 2. The molecule has 3 saturated carbocycles. The monoisotopic (exact) mass is 503 g/mol. The topological polar surface area (TPSA) is 109 Å². The van der Waals surface area contributed by atoms with E-state index in [1.807, 2.05) is 19.9 Å². The van der Waals surface area contributed by atoms with Gasteiger partial charge in [-0.1, -0.05) is 13.8 Å². The summed E-state index contributed by atoms with van der Waals surface area (Å²) < 4.78 is 1.43. The molecule has 2 heterocycles. The number of pyridine rings is 1. The molecule has 2 aromatic heterocycles. The lowest BCUT2D eigenvalue weighted by Gasteiger charge is -2.65. The third-order valence-corrected chi connectivity index (χ3v) is 8.39. The smallest absolute Gasteiger partial charge is 0.283 e. The van der Waals surface area contributed by atoms with Gasteiger partial charge in [0.1, 0.15) is 11.0 Å². The Morgan fingerprint density at radius 3 is 2.72 bits per heavy atom. The maximum Gasteiger partial charge on any atom is 0.283 e. The predicted octanol–water partition coefficient (Wildman–Crippen LogP) is 2.62. The number of aryl methyl sites for hydroxylation is 1. The molecule has 3 fully saturated rings. The Balaban J connectivity index is 1.42. The van der Waals surface area contributed by atoms with Crippen molar-refractivity contribution in [3.8, 4) is 0 Å². The highest BCUT2D eigenvalue weighted by atomic mass is 79.9. The zero-order chi connectivity index (χ0) is 23.3. The molecule has 0 aliphatic heterocycles. The van der Waals surface area contributed by atoms with E-state index in [4.69, 9.17) is 0 Å². The van der Waals surface area contributed by atoms with Crippen LogP contribution in [0.25, 0.3) is 0 Å². The predicted molar refractivity (Wildman–Crippen MR) is 125 cm³/mol. The van der Waals surface area contributed by atoms with Crippen LogP contribution in [0.15, 0.2) is 33.9 Å². The number of carbonyl (C=O) groups is 1. The largest absolute Gasteiger partial charge is 0.388 e. The highest BCUT2D eigenvalue weighted by molar-refractivity contribution is 9.10. The van der Waals surface area contributed by atoms with Gasteiger partial charge in [-0.3, -0.25) is 14.6 Å². The van der Waals surface area contributed by atoms with Crippen molar-refractivity contribution >= 4 is 27.5 Å². The minimum atomic E-state index is -0.877. The fourth-order valence-corrected chi connectivity index (χ4v) is 5.75. The molecule has 0 radical (unpaired) electrons. The van der Waals surface area contributed by atoms with Gasteiger partial charge in [0.15, 0.2) is 0 Å². The van der Waals surface area contributed by atoms with Gasteiger partial charge < -0.3 is 15.7 Å². The first-order valence-corrected chi connectivity index (χ1v) is 11.7. The van der Waals surface area contributed by atoms with Crippen LogP contribution in [0.1, 0.15) is 44.7 Å². The molecule has 0 spiro atoms. The SMILES string of the molecule is Cc1cnccc1CNC(=O)Cn1ncc(N[C@@H]2C[C@H]3C[C@H](C3(C)C)[C@]2(C)O)c(Br)c1=O. The number of nitrogens with zero attached hydrogens (tertiary/aromatic N) is 3. The number of amides is 1. The van der Waals surface area contributed by atoms with E-state index in [9.17, 15) is 14.7 Å². The maximum atomic E-state index is 12.8. The van der Waals surface area contributed by atoms with Gasteiger partial charge in [-0.25, -0.2) is 4.68 Å². The Hall–Kier alpha value is -2.26. The summed E-state index contributed by atoms with van der Waals surface area (Å²) in [5.74, 6) is 0.456. The molecule has 2 bridgehead atoms. The lowest BCUT2D eigenvalue weighted by Crippen LogP contribution is -2.68. The van der Waals surface area contributed by atoms with Gasteiger partial charge >= 0.3 is 0 Å². The number of aliphatic hydroxyl groups is 1. The molecule has 172 valence electrons. The zero-order valence-electron chi connectivity index (χ0n) is 18.9.